The largest absolute Gasteiger partial charge is 0.511 e. The molecule has 8 heteroatoms. The fourth-order valence-corrected chi connectivity index (χ4v) is 1.80. The minimum atomic E-state index is -4.48. The van der Waals surface area contributed by atoms with Crippen molar-refractivity contribution in [2.24, 2.45) is 0 Å². The average molecular weight is 276 g/mol. The Balaban J connectivity index is 2.88. The van der Waals surface area contributed by atoms with Crippen LogP contribution in [0.4, 0.5) is 18.2 Å². The number of anilines is 1. The van der Waals surface area contributed by atoms with Crippen LogP contribution in [0.5, 0.6) is 0 Å². The van der Waals surface area contributed by atoms with E-state index in [9.17, 15) is 18.0 Å². The van der Waals surface area contributed by atoms with Crippen molar-refractivity contribution in [3.8, 4) is 6.07 Å². The van der Waals surface area contributed by atoms with Gasteiger partial charge in [-0.1, -0.05) is 0 Å². The van der Waals surface area contributed by atoms with E-state index in [1.807, 2.05) is 0 Å². The molecule has 0 aliphatic rings. The van der Waals surface area contributed by atoms with Crippen molar-refractivity contribution in [2.45, 2.75) is 13.1 Å². The standard InChI is InChI=1S/C10H7F3N2O2S/c1-5(16)6(4-14)9(17)15-8-3-2-7(18-8)10(11,12)13/h2-3,16H,1H3,(H,15,17). The van der Waals surface area contributed by atoms with Crippen LogP contribution in [0.15, 0.2) is 23.5 Å². The molecule has 1 amide bonds. The van der Waals surface area contributed by atoms with Gasteiger partial charge >= 0.3 is 6.18 Å². The molecule has 1 aromatic heterocycles. The lowest BCUT2D eigenvalue weighted by molar-refractivity contribution is -0.134. The van der Waals surface area contributed by atoms with E-state index < -0.39 is 28.3 Å². The van der Waals surface area contributed by atoms with Crippen molar-refractivity contribution < 1.29 is 23.1 Å². The number of hydrogen-bond acceptors (Lipinski definition) is 4. The highest BCUT2D eigenvalue weighted by atomic mass is 32.1. The molecule has 2 N–H and O–H groups in total. The van der Waals surface area contributed by atoms with Gasteiger partial charge in [0, 0.05) is 0 Å². The SMILES string of the molecule is CC(O)=C(C#N)C(=O)Nc1ccc(C(F)(F)F)s1. The highest BCUT2D eigenvalue weighted by molar-refractivity contribution is 7.16. The Morgan fingerprint density at radius 3 is 2.50 bits per heavy atom. The summed E-state index contributed by atoms with van der Waals surface area (Å²) < 4.78 is 36.9. The van der Waals surface area contributed by atoms with E-state index in [1.54, 1.807) is 0 Å². The zero-order valence-electron chi connectivity index (χ0n) is 9.00. The van der Waals surface area contributed by atoms with Gasteiger partial charge in [-0.3, -0.25) is 4.79 Å². The van der Waals surface area contributed by atoms with Crippen molar-refractivity contribution in [1.29, 1.82) is 5.26 Å². The number of nitrogens with zero attached hydrogens (tertiary/aromatic N) is 1. The first kappa shape index (κ1) is 14.1. The Hall–Kier alpha value is -2.01. The maximum Gasteiger partial charge on any atom is 0.425 e. The molecule has 4 nitrogen and oxygen atoms in total. The molecule has 18 heavy (non-hydrogen) atoms. The van der Waals surface area contributed by atoms with E-state index in [1.165, 1.54) is 6.07 Å². The molecular formula is C10H7F3N2O2S. The summed E-state index contributed by atoms with van der Waals surface area (Å²) in [5.41, 5.74) is -0.544. The number of nitriles is 1. The molecule has 0 saturated heterocycles. The van der Waals surface area contributed by atoms with Crippen LogP contribution in [0.3, 0.4) is 0 Å². The summed E-state index contributed by atoms with van der Waals surface area (Å²) in [6.07, 6.45) is -4.48. The number of halogens is 3. The van der Waals surface area contributed by atoms with Gasteiger partial charge in [0.25, 0.3) is 5.91 Å². The van der Waals surface area contributed by atoms with Crippen LogP contribution in [0.25, 0.3) is 0 Å². The molecule has 0 saturated carbocycles. The van der Waals surface area contributed by atoms with Gasteiger partial charge in [-0.05, 0) is 19.1 Å². The molecule has 1 aromatic rings. The first-order valence-electron chi connectivity index (χ1n) is 4.54. The number of thiophene rings is 1. The Bertz CT molecular complexity index is 536. The van der Waals surface area contributed by atoms with E-state index in [-0.39, 0.29) is 5.00 Å². The summed E-state index contributed by atoms with van der Waals surface area (Å²) in [5.74, 6) is -1.45. The zero-order valence-corrected chi connectivity index (χ0v) is 9.82. The van der Waals surface area contributed by atoms with Crippen LogP contribution in [0.1, 0.15) is 11.8 Å². The van der Waals surface area contributed by atoms with Gasteiger partial charge in [-0.25, -0.2) is 0 Å². The molecule has 0 radical (unpaired) electrons. The molecule has 96 valence electrons. The number of aliphatic hydroxyl groups excluding tert-OH is 1. The lowest BCUT2D eigenvalue weighted by atomic mass is 10.2. The second-order valence-corrected chi connectivity index (χ2v) is 4.27. The van der Waals surface area contributed by atoms with E-state index in [0.717, 1.165) is 19.1 Å². The second-order valence-electron chi connectivity index (χ2n) is 3.19. The van der Waals surface area contributed by atoms with Crippen LogP contribution in [0, 0.1) is 11.3 Å². The summed E-state index contributed by atoms with van der Waals surface area (Å²) in [5, 5.41) is 19.6. The number of amides is 1. The number of rotatable bonds is 2. The van der Waals surface area contributed by atoms with Gasteiger partial charge in [-0.2, -0.15) is 18.4 Å². The predicted molar refractivity (Wildman–Crippen MR) is 58.9 cm³/mol. The van der Waals surface area contributed by atoms with Crippen molar-refractivity contribution in [2.75, 3.05) is 5.32 Å². The van der Waals surface area contributed by atoms with Crippen molar-refractivity contribution in [1.82, 2.24) is 0 Å². The monoisotopic (exact) mass is 276 g/mol. The van der Waals surface area contributed by atoms with Gasteiger partial charge < -0.3 is 10.4 Å². The van der Waals surface area contributed by atoms with Crippen molar-refractivity contribution >= 4 is 22.2 Å². The third-order valence-electron chi connectivity index (χ3n) is 1.82. The van der Waals surface area contributed by atoms with Crippen LogP contribution in [0.2, 0.25) is 0 Å². The molecule has 1 heterocycles. The summed E-state index contributed by atoms with van der Waals surface area (Å²) in [6, 6.07) is 3.36. The van der Waals surface area contributed by atoms with Crippen molar-refractivity contribution in [3.63, 3.8) is 0 Å². The van der Waals surface area contributed by atoms with Gasteiger partial charge in [0.15, 0.2) is 5.57 Å². The minimum absolute atomic E-state index is 0.0543. The normalized spacial score (nSPS) is 12.6. The second kappa shape index (κ2) is 5.10. The van der Waals surface area contributed by atoms with Crippen LogP contribution < -0.4 is 5.32 Å². The van der Waals surface area contributed by atoms with E-state index in [4.69, 9.17) is 10.4 Å². The fraction of sp³-hybridized carbons (Fsp3) is 0.200. The minimum Gasteiger partial charge on any atom is -0.511 e. The summed E-state index contributed by atoms with van der Waals surface area (Å²) in [7, 11) is 0. The molecule has 0 fully saturated rings. The zero-order chi connectivity index (χ0) is 13.9. The summed E-state index contributed by atoms with van der Waals surface area (Å²) >= 11 is 0.337. The van der Waals surface area contributed by atoms with Gasteiger partial charge in [0.05, 0.1) is 5.00 Å². The number of alkyl halides is 3. The molecule has 0 bridgehead atoms. The maximum atomic E-state index is 12.3. The molecule has 1 rings (SSSR count). The topological polar surface area (TPSA) is 73.1 Å². The molecular weight excluding hydrogens is 269 g/mol. The molecule has 0 aliphatic heterocycles. The third-order valence-corrected chi connectivity index (χ3v) is 2.87. The molecule has 0 aromatic carbocycles. The molecule has 0 atom stereocenters. The van der Waals surface area contributed by atoms with Gasteiger partial charge in [0.1, 0.15) is 16.7 Å². The highest BCUT2D eigenvalue weighted by Gasteiger charge is 2.32. The number of carbonyl (C=O) groups is 1. The summed E-state index contributed by atoms with van der Waals surface area (Å²) in [6.45, 7) is 1.13. The van der Waals surface area contributed by atoms with E-state index in [0.29, 0.717) is 11.3 Å². The third kappa shape index (κ3) is 3.24. The van der Waals surface area contributed by atoms with Crippen molar-refractivity contribution in [3.05, 3.63) is 28.3 Å². The van der Waals surface area contributed by atoms with Gasteiger partial charge in [0.2, 0.25) is 0 Å². The fourth-order valence-electron chi connectivity index (χ4n) is 1.03. The van der Waals surface area contributed by atoms with E-state index in [2.05, 4.69) is 5.32 Å². The maximum absolute atomic E-state index is 12.3. The number of hydrogen-bond donors (Lipinski definition) is 2. The number of allylic oxidation sites excluding steroid dienone is 1. The molecule has 0 spiro atoms. The Morgan fingerprint density at radius 1 is 1.50 bits per heavy atom. The first-order valence-corrected chi connectivity index (χ1v) is 5.35. The Labute approximate surface area is 104 Å². The Morgan fingerprint density at radius 2 is 2.11 bits per heavy atom. The number of aliphatic hydroxyl groups is 1. The van der Waals surface area contributed by atoms with Gasteiger partial charge in [-0.15, -0.1) is 11.3 Å². The van der Waals surface area contributed by atoms with Crippen LogP contribution >= 0.6 is 11.3 Å². The average Bonchev–Trinajstić information content (AvgIpc) is 2.65. The number of carbonyl (C=O) groups excluding carboxylic acids is 1. The first-order chi connectivity index (χ1) is 8.25. The quantitative estimate of drug-likeness (QED) is 0.495. The smallest absolute Gasteiger partial charge is 0.425 e. The molecule has 0 unspecified atom stereocenters. The van der Waals surface area contributed by atoms with Crippen LogP contribution in [-0.2, 0) is 11.0 Å². The predicted octanol–water partition coefficient (Wildman–Crippen LogP) is 3.06. The van der Waals surface area contributed by atoms with E-state index >= 15 is 0 Å². The molecule has 0 aliphatic carbocycles. The summed E-state index contributed by atoms with van der Waals surface area (Å²) in [4.78, 5) is 10.6. The number of nitrogens with one attached hydrogen (secondary N) is 1. The van der Waals surface area contributed by atoms with Crippen LogP contribution in [-0.4, -0.2) is 11.0 Å². The highest BCUT2D eigenvalue weighted by Crippen LogP contribution is 2.36. The Kier molecular flexibility index (Phi) is 3.98. The lowest BCUT2D eigenvalue weighted by Crippen LogP contribution is -2.14. The lowest BCUT2D eigenvalue weighted by Gasteiger charge is -2.02.